The Bertz CT molecular complexity index is 620. The summed E-state index contributed by atoms with van der Waals surface area (Å²) in [5, 5.41) is 2.65. The van der Waals surface area contributed by atoms with Crippen molar-refractivity contribution in [3.05, 3.63) is 18.2 Å². The van der Waals surface area contributed by atoms with Gasteiger partial charge in [-0.25, -0.2) is 8.42 Å². The van der Waals surface area contributed by atoms with E-state index in [0.717, 1.165) is 0 Å². The van der Waals surface area contributed by atoms with Crippen LogP contribution in [0.5, 0.6) is 17.2 Å². The number of sulfone groups is 1. The van der Waals surface area contributed by atoms with Crippen molar-refractivity contribution < 1.29 is 27.4 Å². The van der Waals surface area contributed by atoms with Gasteiger partial charge in [0.1, 0.15) is 0 Å². The first-order valence-corrected chi connectivity index (χ1v) is 8.61. The second-order valence-corrected chi connectivity index (χ2v) is 7.18. The van der Waals surface area contributed by atoms with Gasteiger partial charge in [0.25, 0.3) is 5.91 Å². The summed E-state index contributed by atoms with van der Waals surface area (Å²) in [6.07, 6.45) is 0.437. The van der Waals surface area contributed by atoms with Gasteiger partial charge in [-0.3, -0.25) is 4.79 Å². The normalized spacial score (nSPS) is 19.5. The monoisotopic (exact) mass is 329 g/mol. The van der Waals surface area contributed by atoms with E-state index < -0.39 is 9.84 Å². The molecule has 1 fully saturated rings. The molecule has 8 heteroatoms. The third-order valence-electron chi connectivity index (χ3n) is 3.33. The third-order valence-corrected chi connectivity index (χ3v) is 5.10. The van der Waals surface area contributed by atoms with E-state index in [0.29, 0.717) is 23.7 Å². The van der Waals surface area contributed by atoms with Gasteiger partial charge in [0.05, 0.1) is 25.7 Å². The van der Waals surface area contributed by atoms with Crippen LogP contribution in [0.2, 0.25) is 0 Å². The number of carbonyl (C=O) groups is 1. The summed E-state index contributed by atoms with van der Waals surface area (Å²) in [6, 6.07) is 4.78. The molecule has 1 aromatic rings. The van der Waals surface area contributed by atoms with E-state index in [1.165, 1.54) is 14.2 Å². The number of para-hydroxylation sites is 1. The molecule has 7 nitrogen and oxygen atoms in total. The fraction of sp³-hybridized carbons (Fsp3) is 0.500. The highest BCUT2D eigenvalue weighted by molar-refractivity contribution is 7.91. The molecule has 1 aliphatic rings. The minimum atomic E-state index is -3.03. The quantitative estimate of drug-likeness (QED) is 0.812. The summed E-state index contributed by atoms with van der Waals surface area (Å²) < 4.78 is 38.5. The molecule has 0 spiro atoms. The van der Waals surface area contributed by atoms with Crippen molar-refractivity contribution in [3.8, 4) is 17.2 Å². The Kier molecular flexibility index (Phi) is 5.12. The van der Waals surface area contributed by atoms with Crippen LogP contribution in [-0.4, -0.2) is 52.7 Å². The molecule has 1 aromatic carbocycles. The molecule has 0 aromatic heterocycles. The largest absolute Gasteiger partial charge is 0.493 e. The molecule has 1 atom stereocenters. The standard InChI is InChI=1S/C14H19NO6S/c1-19-11-4-3-5-12(20-2)14(11)21-8-13(16)15-10-6-7-22(17,18)9-10/h3-5,10H,6-9H2,1-2H3,(H,15,16). The molecule has 1 heterocycles. The first-order chi connectivity index (χ1) is 10.4. The number of ether oxygens (including phenoxy) is 3. The summed E-state index contributed by atoms with van der Waals surface area (Å²) in [6.45, 7) is -0.243. The molecule has 122 valence electrons. The van der Waals surface area contributed by atoms with Crippen LogP contribution in [0.25, 0.3) is 0 Å². The van der Waals surface area contributed by atoms with E-state index in [2.05, 4.69) is 5.32 Å². The fourth-order valence-corrected chi connectivity index (χ4v) is 3.95. The van der Waals surface area contributed by atoms with Crippen molar-refractivity contribution in [2.24, 2.45) is 0 Å². The minimum absolute atomic E-state index is 0.0171. The lowest BCUT2D eigenvalue weighted by Gasteiger charge is -2.15. The van der Waals surface area contributed by atoms with E-state index in [1.54, 1.807) is 18.2 Å². The Morgan fingerprint density at radius 2 is 1.91 bits per heavy atom. The number of hydrogen-bond acceptors (Lipinski definition) is 6. The Morgan fingerprint density at radius 1 is 1.27 bits per heavy atom. The number of methoxy groups -OCH3 is 2. The van der Waals surface area contributed by atoms with Crippen molar-refractivity contribution in [2.75, 3.05) is 32.3 Å². The molecule has 1 amide bonds. The Hall–Kier alpha value is -1.96. The molecule has 0 bridgehead atoms. The lowest BCUT2D eigenvalue weighted by atomic mass is 10.2. The van der Waals surface area contributed by atoms with Gasteiger partial charge >= 0.3 is 0 Å². The number of amides is 1. The Labute approximate surface area is 129 Å². The summed E-state index contributed by atoms with van der Waals surface area (Å²) in [7, 11) is -0.0427. The summed E-state index contributed by atoms with van der Waals surface area (Å²) in [5.74, 6) is 0.957. The van der Waals surface area contributed by atoms with Crippen molar-refractivity contribution in [1.82, 2.24) is 5.32 Å². The average molecular weight is 329 g/mol. The van der Waals surface area contributed by atoms with Gasteiger partial charge < -0.3 is 19.5 Å². The van der Waals surface area contributed by atoms with Crippen LogP contribution in [0.3, 0.4) is 0 Å². The molecule has 0 saturated carbocycles. The molecule has 22 heavy (non-hydrogen) atoms. The van der Waals surface area contributed by atoms with Gasteiger partial charge in [-0.2, -0.15) is 0 Å². The summed E-state index contributed by atoms with van der Waals surface area (Å²) >= 11 is 0. The zero-order chi connectivity index (χ0) is 16.2. The molecule has 1 unspecified atom stereocenters. The predicted molar refractivity (Wildman–Crippen MR) is 80.2 cm³/mol. The van der Waals surface area contributed by atoms with Crippen LogP contribution in [0.15, 0.2) is 18.2 Å². The molecule has 0 radical (unpaired) electrons. The zero-order valence-electron chi connectivity index (χ0n) is 12.5. The number of nitrogens with one attached hydrogen (secondary N) is 1. The first kappa shape index (κ1) is 16.4. The highest BCUT2D eigenvalue weighted by atomic mass is 32.2. The molecule has 2 rings (SSSR count). The predicted octanol–water partition coefficient (Wildman–Crippen LogP) is 0.386. The molecular weight excluding hydrogens is 310 g/mol. The van der Waals surface area contributed by atoms with E-state index in [1.807, 2.05) is 0 Å². The molecule has 0 aliphatic carbocycles. The van der Waals surface area contributed by atoms with Crippen LogP contribution in [-0.2, 0) is 14.6 Å². The maximum absolute atomic E-state index is 11.9. The van der Waals surface area contributed by atoms with E-state index in [9.17, 15) is 13.2 Å². The van der Waals surface area contributed by atoms with E-state index >= 15 is 0 Å². The molecule has 1 saturated heterocycles. The number of carbonyl (C=O) groups excluding carboxylic acids is 1. The van der Waals surface area contributed by atoms with Crippen molar-refractivity contribution in [3.63, 3.8) is 0 Å². The Morgan fingerprint density at radius 3 is 2.41 bits per heavy atom. The summed E-state index contributed by atoms with van der Waals surface area (Å²) in [5.41, 5.74) is 0. The minimum Gasteiger partial charge on any atom is -0.493 e. The highest BCUT2D eigenvalue weighted by Crippen LogP contribution is 2.36. The number of benzene rings is 1. The van der Waals surface area contributed by atoms with Crippen molar-refractivity contribution >= 4 is 15.7 Å². The lowest BCUT2D eigenvalue weighted by Crippen LogP contribution is -2.38. The third kappa shape index (κ3) is 4.03. The van der Waals surface area contributed by atoms with Crippen molar-refractivity contribution in [1.29, 1.82) is 0 Å². The second kappa shape index (κ2) is 6.87. The zero-order valence-corrected chi connectivity index (χ0v) is 13.3. The van der Waals surface area contributed by atoms with E-state index in [-0.39, 0.29) is 30.1 Å². The average Bonchev–Trinajstić information content (AvgIpc) is 2.83. The maximum atomic E-state index is 11.9. The molecular formula is C14H19NO6S. The highest BCUT2D eigenvalue weighted by Gasteiger charge is 2.29. The molecule has 1 N–H and O–H groups in total. The molecule has 1 aliphatic heterocycles. The van der Waals surface area contributed by atoms with Gasteiger partial charge in [-0.1, -0.05) is 6.07 Å². The fourth-order valence-electron chi connectivity index (χ4n) is 2.28. The van der Waals surface area contributed by atoms with E-state index in [4.69, 9.17) is 14.2 Å². The van der Waals surface area contributed by atoms with Gasteiger partial charge in [0.15, 0.2) is 27.9 Å². The van der Waals surface area contributed by atoms with Crippen LogP contribution in [0, 0.1) is 0 Å². The number of hydrogen-bond donors (Lipinski definition) is 1. The van der Waals surface area contributed by atoms with Crippen molar-refractivity contribution in [2.45, 2.75) is 12.5 Å². The van der Waals surface area contributed by atoms with Crippen LogP contribution >= 0.6 is 0 Å². The lowest BCUT2D eigenvalue weighted by molar-refractivity contribution is -0.123. The van der Waals surface area contributed by atoms with Crippen LogP contribution < -0.4 is 19.5 Å². The Balaban J connectivity index is 1.94. The van der Waals surface area contributed by atoms with Crippen LogP contribution in [0.1, 0.15) is 6.42 Å². The SMILES string of the molecule is COc1cccc(OC)c1OCC(=O)NC1CCS(=O)(=O)C1. The smallest absolute Gasteiger partial charge is 0.258 e. The maximum Gasteiger partial charge on any atom is 0.258 e. The van der Waals surface area contributed by atoms with Gasteiger partial charge in [-0.05, 0) is 18.6 Å². The van der Waals surface area contributed by atoms with Gasteiger partial charge in [0, 0.05) is 6.04 Å². The second-order valence-electron chi connectivity index (χ2n) is 4.95. The van der Waals surface area contributed by atoms with Gasteiger partial charge in [0.2, 0.25) is 5.75 Å². The van der Waals surface area contributed by atoms with Crippen LogP contribution in [0.4, 0.5) is 0 Å². The number of rotatable bonds is 6. The first-order valence-electron chi connectivity index (χ1n) is 6.79. The topological polar surface area (TPSA) is 90.9 Å². The van der Waals surface area contributed by atoms with Gasteiger partial charge in [-0.15, -0.1) is 0 Å². The summed E-state index contributed by atoms with van der Waals surface area (Å²) in [4.78, 5) is 11.9.